The second-order valence-corrected chi connectivity index (χ2v) is 6.39. The number of piperidine rings is 1. The Morgan fingerprint density at radius 1 is 1.46 bits per heavy atom. The van der Waals surface area contributed by atoms with Gasteiger partial charge in [-0.2, -0.15) is 5.26 Å². The van der Waals surface area contributed by atoms with Crippen LogP contribution < -0.4 is 0 Å². The largest absolute Gasteiger partial charge is 0.345 e. The summed E-state index contributed by atoms with van der Waals surface area (Å²) in [6.45, 7) is 3.56. The minimum absolute atomic E-state index is 0.0553. The lowest BCUT2D eigenvalue weighted by Crippen LogP contribution is -2.42. The molecule has 3 aromatic heterocycles. The molecule has 1 fully saturated rings. The Hall–Kier alpha value is -2.88. The minimum atomic E-state index is -0.0864. The third kappa shape index (κ3) is 2.22. The number of nitrogens with zero attached hydrogens (tertiary/aromatic N) is 5. The van der Waals surface area contributed by atoms with Crippen LogP contribution in [-0.2, 0) is 4.79 Å². The van der Waals surface area contributed by atoms with E-state index in [1.807, 2.05) is 29.4 Å². The maximum atomic E-state index is 12.1. The molecular formula is C17H18N6O. The van der Waals surface area contributed by atoms with E-state index in [0.717, 1.165) is 35.5 Å². The number of rotatable bonds is 2. The predicted molar refractivity (Wildman–Crippen MR) is 88.2 cm³/mol. The molecule has 4 rings (SSSR count). The number of hydrogen-bond donors (Lipinski definition) is 1. The number of fused-ring (bicyclic) bond motifs is 3. The first-order valence-electron chi connectivity index (χ1n) is 8.13. The number of likely N-dealkylation sites (tertiary alicyclic amines) is 1. The second kappa shape index (κ2) is 5.64. The molecule has 122 valence electrons. The number of H-pyrrole nitrogens is 1. The summed E-state index contributed by atoms with van der Waals surface area (Å²) in [6.07, 6.45) is 6.39. The number of amides is 1. The molecule has 0 radical (unpaired) electrons. The van der Waals surface area contributed by atoms with Gasteiger partial charge in [-0.25, -0.2) is 9.97 Å². The number of hydrogen-bond acceptors (Lipinski definition) is 4. The second-order valence-electron chi connectivity index (χ2n) is 6.39. The zero-order valence-corrected chi connectivity index (χ0v) is 13.4. The van der Waals surface area contributed by atoms with Crippen molar-refractivity contribution in [2.45, 2.75) is 25.7 Å². The molecule has 1 saturated heterocycles. The standard InChI is InChI=1S/C17H18N6O/c1-11-4-7-22(16(24)2-5-18)10-12(11)14-8-20-15-9-21-17-13(23(14)15)3-6-19-17/h3,6,8-9,11-12,19H,2,4,7,10H2,1H3. The summed E-state index contributed by atoms with van der Waals surface area (Å²) in [6, 6.07) is 3.95. The van der Waals surface area contributed by atoms with Gasteiger partial charge in [-0.05, 0) is 18.4 Å². The van der Waals surface area contributed by atoms with Crippen molar-refractivity contribution in [2.75, 3.05) is 13.1 Å². The van der Waals surface area contributed by atoms with Crippen molar-refractivity contribution < 1.29 is 4.79 Å². The summed E-state index contributed by atoms with van der Waals surface area (Å²) < 4.78 is 2.12. The number of imidazole rings is 1. The number of carbonyl (C=O) groups is 1. The Balaban J connectivity index is 1.76. The van der Waals surface area contributed by atoms with Gasteiger partial charge in [0.15, 0.2) is 11.3 Å². The van der Waals surface area contributed by atoms with Crippen LogP contribution in [0.15, 0.2) is 24.7 Å². The van der Waals surface area contributed by atoms with Crippen molar-refractivity contribution in [3.63, 3.8) is 0 Å². The van der Waals surface area contributed by atoms with E-state index >= 15 is 0 Å². The quantitative estimate of drug-likeness (QED) is 0.782. The van der Waals surface area contributed by atoms with E-state index in [1.165, 1.54) is 0 Å². The Kier molecular flexibility index (Phi) is 3.45. The predicted octanol–water partition coefficient (Wildman–Crippen LogP) is 2.08. The molecule has 1 N–H and O–H groups in total. The molecule has 0 aromatic carbocycles. The monoisotopic (exact) mass is 322 g/mol. The van der Waals surface area contributed by atoms with Crippen LogP contribution in [0.3, 0.4) is 0 Å². The number of aromatic nitrogens is 4. The molecule has 0 aliphatic carbocycles. The van der Waals surface area contributed by atoms with Gasteiger partial charge in [-0.3, -0.25) is 9.20 Å². The lowest BCUT2D eigenvalue weighted by molar-refractivity contribution is -0.131. The summed E-state index contributed by atoms with van der Waals surface area (Å²) in [5.41, 5.74) is 3.72. The zero-order valence-electron chi connectivity index (χ0n) is 13.4. The molecule has 3 aromatic rings. The molecule has 1 aliphatic rings. The fraction of sp³-hybridized carbons (Fsp3) is 0.412. The Bertz CT molecular complexity index is 949. The Morgan fingerprint density at radius 3 is 3.17 bits per heavy atom. The molecule has 1 amide bonds. The van der Waals surface area contributed by atoms with Gasteiger partial charge in [0.1, 0.15) is 6.42 Å². The lowest BCUT2D eigenvalue weighted by atomic mass is 9.84. The lowest BCUT2D eigenvalue weighted by Gasteiger charge is -2.36. The van der Waals surface area contributed by atoms with Crippen molar-refractivity contribution in [1.82, 2.24) is 24.3 Å². The van der Waals surface area contributed by atoms with Crippen LogP contribution >= 0.6 is 0 Å². The van der Waals surface area contributed by atoms with E-state index < -0.39 is 0 Å². The van der Waals surface area contributed by atoms with Crippen LogP contribution in [0.2, 0.25) is 0 Å². The maximum absolute atomic E-state index is 12.1. The van der Waals surface area contributed by atoms with E-state index in [2.05, 4.69) is 26.3 Å². The van der Waals surface area contributed by atoms with Crippen molar-refractivity contribution in [3.8, 4) is 6.07 Å². The van der Waals surface area contributed by atoms with Gasteiger partial charge >= 0.3 is 0 Å². The molecule has 0 bridgehead atoms. The van der Waals surface area contributed by atoms with E-state index in [-0.39, 0.29) is 18.2 Å². The maximum Gasteiger partial charge on any atom is 0.236 e. The zero-order chi connectivity index (χ0) is 16.7. The topological polar surface area (TPSA) is 90.1 Å². The smallest absolute Gasteiger partial charge is 0.236 e. The molecule has 2 unspecified atom stereocenters. The number of nitrogens with one attached hydrogen (secondary N) is 1. The van der Waals surface area contributed by atoms with E-state index in [9.17, 15) is 4.79 Å². The van der Waals surface area contributed by atoms with Crippen molar-refractivity contribution in [3.05, 3.63) is 30.4 Å². The average Bonchev–Trinajstić information content (AvgIpc) is 3.21. The summed E-state index contributed by atoms with van der Waals surface area (Å²) in [5, 5.41) is 8.78. The normalized spacial score (nSPS) is 21.2. The van der Waals surface area contributed by atoms with E-state index in [0.29, 0.717) is 12.5 Å². The SMILES string of the molecule is CC1CCN(C(=O)CC#N)CC1c1cnc2cnc3[nH]ccc3n12. The van der Waals surface area contributed by atoms with Crippen LogP contribution in [0.1, 0.15) is 31.4 Å². The summed E-state index contributed by atoms with van der Waals surface area (Å²) in [7, 11) is 0. The van der Waals surface area contributed by atoms with E-state index in [4.69, 9.17) is 5.26 Å². The average molecular weight is 322 g/mol. The van der Waals surface area contributed by atoms with Gasteiger partial charge in [0.2, 0.25) is 5.91 Å². The number of aromatic amines is 1. The van der Waals surface area contributed by atoms with Gasteiger partial charge < -0.3 is 9.88 Å². The van der Waals surface area contributed by atoms with Crippen molar-refractivity contribution in [1.29, 1.82) is 5.26 Å². The van der Waals surface area contributed by atoms with Crippen LogP contribution in [-0.4, -0.2) is 43.2 Å². The fourth-order valence-corrected chi connectivity index (χ4v) is 3.61. The highest BCUT2D eigenvalue weighted by Gasteiger charge is 2.32. The molecule has 7 heteroatoms. The van der Waals surface area contributed by atoms with Crippen molar-refractivity contribution in [2.24, 2.45) is 5.92 Å². The van der Waals surface area contributed by atoms with Crippen LogP contribution in [0, 0.1) is 17.2 Å². The highest BCUT2D eigenvalue weighted by molar-refractivity contribution is 5.78. The van der Waals surface area contributed by atoms with Gasteiger partial charge in [0, 0.05) is 37.1 Å². The number of carbonyl (C=O) groups excluding carboxylic acids is 1. The summed E-state index contributed by atoms with van der Waals surface area (Å²) >= 11 is 0. The summed E-state index contributed by atoms with van der Waals surface area (Å²) in [5.74, 6) is 0.548. The molecule has 4 heterocycles. The highest BCUT2D eigenvalue weighted by Crippen LogP contribution is 2.33. The Morgan fingerprint density at radius 2 is 2.33 bits per heavy atom. The molecule has 1 aliphatic heterocycles. The van der Waals surface area contributed by atoms with Gasteiger partial charge in [-0.15, -0.1) is 0 Å². The van der Waals surface area contributed by atoms with Crippen LogP contribution in [0.4, 0.5) is 0 Å². The molecule has 0 spiro atoms. The number of nitriles is 1. The molecule has 24 heavy (non-hydrogen) atoms. The van der Waals surface area contributed by atoms with Gasteiger partial charge in [0.05, 0.1) is 17.8 Å². The van der Waals surface area contributed by atoms with Gasteiger partial charge in [0.25, 0.3) is 0 Å². The third-order valence-electron chi connectivity index (χ3n) is 4.99. The van der Waals surface area contributed by atoms with Crippen LogP contribution in [0.25, 0.3) is 16.8 Å². The highest BCUT2D eigenvalue weighted by atomic mass is 16.2. The first-order chi connectivity index (χ1) is 11.7. The van der Waals surface area contributed by atoms with Crippen molar-refractivity contribution >= 4 is 22.7 Å². The Labute approximate surface area is 138 Å². The minimum Gasteiger partial charge on any atom is -0.345 e. The van der Waals surface area contributed by atoms with Gasteiger partial charge in [-0.1, -0.05) is 6.92 Å². The third-order valence-corrected chi connectivity index (χ3v) is 4.99. The molecule has 0 saturated carbocycles. The van der Waals surface area contributed by atoms with Crippen LogP contribution in [0.5, 0.6) is 0 Å². The fourth-order valence-electron chi connectivity index (χ4n) is 3.61. The first-order valence-corrected chi connectivity index (χ1v) is 8.13. The summed E-state index contributed by atoms with van der Waals surface area (Å²) in [4.78, 5) is 25.9. The first kappa shape index (κ1) is 14.7. The molecule has 2 atom stereocenters. The molecular weight excluding hydrogens is 304 g/mol. The molecule has 7 nitrogen and oxygen atoms in total. The van der Waals surface area contributed by atoms with E-state index in [1.54, 1.807) is 6.20 Å².